The molecule has 0 heterocycles. The van der Waals surface area contributed by atoms with Crippen LogP contribution in [0.5, 0.6) is 5.75 Å². The zero-order valence-corrected chi connectivity index (χ0v) is 25.9. The maximum atomic E-state index is 16.5. The van der Waals surface area contributed by atoms with E-state index in [0.29, 0.717) is 5.92 Å². The molecule has 0 aliphatic heterocycles. The number of hydrogen-bond donors (Lipinski definition) is 3. The molecule has 5 aliphatic rings. The molecule has 2 aromatic rings. The highest BCUT2D eigenvalue weighted by Crippen LogP contribution is 2.51. The third-order valence-electron chi connectivity index (χ3n) is 11.2. The first-order chi connectivity index (χ1) is 21.8. The summed E-state index contributed by atoms with van der Waals surface area (Å²) in [5.74, 6) is -11.7. The van der Waals surface area contributed by atoms with Gasteiger partial charge in [-0.3, -0.25) is 33.8 Å². The van der Waals surface area contributed by atoms with Crippen molar-refractivity contribution in [2.24, 2.45) is 35.3 Å². The van der Waals surface area contributed by atoms with Crippen molar-refractivity contribution in [3.8, 4) is 5.75 Å². The van der Waals surface area contributed by atoms with E-state index < -0.39 is 75.9 Å². The van der Waals surface area contributed by atoms with E-state index in [2.05, 4.69) is 17.0 Å². The van der Waals surface area contributed by atoms with Crippen molar-refractivity contribution in [2.75, 3.05) is 20.6 Å². The van der Waals surface area contributed by atoms with Gasteiger partial charge in [-0.15, -0.1) is 0 Å². The molecule has 3 saturated carbocycles. The molecule has 4 N–H and O–H groups in total. The summed E-state index contributed by atoms with van der Waals surface area (Å²) in [7, 11) is 3.05. The number of nitrogens with zero attached hydrogens (tertiary/aromatic N) is 2. The number of aliphatic hydroxyl groups is 1. The topological polar surface area (TPSA) is 158 Å². The molecule has 10 nitrogen and oxygen atoms in total. The molecule has 0 saturated heterocycles. The van der Waals surface area contributed by atoms with Crippen LogP contribution in [0.15, 0.2) is 30.3 Å². The number of phenolic OH excluding ortho intramolecular Hbond substituents is 1. The third-order valence-corrected chi connectivity index (χ3v) is 11.2. The minimum Gasteiger partial charge on any atom is -0.507 e. The molecule has 0 bridgehead atoms. The maximum Gasteiger partial charge on any atom is 0.235 e. The molecule has 46 heavy (non-hydrogen) atoms. The van der Waals surface area contributed by atoms with Gasteiger partial charge in [0.15, 0.2) is 34.7 Å². The van der Waals surface area contributed by atoms with Gasteiger partial charge in [0, 0.05) is 36.2 Å². The van der Waals surface area contributed by atoms with Crippen LogP contribution in [-0.2, 0) is 45.0 Å². The number of fused-ring (bicyclic) bond motifs is 4. The van der Waals surface area contributed by atoms with Crippen LogP contribution in [-0.4, -0.2) is 87.4 Å². The molecule has 6 atom stereocenters. The molecule has 0 radical (unpaired) electrons. The predicted molar refractivity (Wildman–Crippen MR) is 162 cm³/mol. The van der Waals surface area contributed by atoms with Gasteiger partial charge >= 0.3 is 0 Å². The average Bonchev–Trinajstić information content (AvgIpc) is 3.71. The lowest BCUT2D eigenvalue weighted by Gasteiger charge is -2.52. The van der Waals surface area contributed by atoms with Crippen LogP contribution >= 0.6 is 0 Å². The van der Waals surface area contributed by atoms with Gasteiger partial charge in [-0.05, 0) is 81.6 Å². The van der Waals surface area contributed by atoms with E-state index in [0.717, 1.165) is 32.2 Å². The van der Waals surface area contributed by atoms with Gasteiger partial charge in [0.05, 0.1) is 17.5 Å². The van der Waals surface area contributed by atoms with Gasteiger partial charge in [0.25, 0.3) is 0 Å². The van der Waals surface area contributed by atoms with Gasteiger partial charge in [-0.1, -0.05) is 24.3 Å². The van der Waals surface area contributed by atoms with Crippen molar-refractivity contribution in [1.29, 1.82) is 0 Å². The van der Waals surface area contributed by atoms with Crippen molar-refractivity contribution in [3.05, 3.63) is 64.0 Å². The Kier molecular flexibility index (Phi) is 7.30. The first-order valence-corrected chi connectivity index (χ1v) is 16.0. The molecular formula is C35H38FN3O7. The summed E-state index contributed by atoms with van der Waals surface area (Å²) in [6.07, 6.45) is 3.70. The van der Waals surface area contributed by atoms with Gasteiger partial charge < -0.3 is 15.9 Å². The summed E-state index contributed by atoms with van der Waals surface area (Å²) >= 11 is 0. The number of primary amides is 1. The van der Waals surface area contributed by atoms with E-state index in [1.165, 1.54) is 36.2 Å². The molecule has 3 fully saturated rings. The van der Waals surface area contributed by atoms with E-state index in [1.807, 2.05) is 12.1 Å². The van der Waals surface area contributed by atoms with Gasteiger partial charge in [-0.25, -0.2) is 4.39 Å². The summed E-state index contributed by atoms with van der Waals surface area (Å²) in [5.41, 5.74) is 5.05. The molecule has 0 spiro atoms. The SMILES string of the molecule is CN(C)[C@@H]1C(=O)C(C(N)=O)C(=O)[C@@]2(O)C(=O)C3C(=O)c4c(O)cc(CN(CC5CC5)C5Cc6ccccc6C5)c(F)c4C[C@H]3C[C@@H]12. The second kappa shape index (κ2) is 10.9. The monoisotopic (exact) mass is 631 g/mol. The molecule has 0 aromatic heterocycles. The Morgan fingerprint density at radius 3 is 2.28 bits per heavy atom. The third kappa shape index (κ3) is 4.57. The van der Waals surface area contributed by atoms with Gasteiger partial charge in [-0.2, -0.15) is 0 Å². The number of hydrogen-bond acceptors (Lipinski definition) is 9. The fraction of sp³-hybridized carbons (Fsp3) is 0.514. The molecule has 5 aliphatic carbocycles. The molecule has 11 heteroatoms. The van der Waals surface area contributed by atoms with Crippen molar-refractivity contribution < 1.29 is 38.6 Å². The number of nitrogens with two attached hydrogens (primary N) is 1. The number of halogens is 1. The number of aromatic hydroxyl groups is 1. The number of Topliss-reactive ketones (excluding diaryl/α,β-unsaturated/α-hetero) is 4. The Balaban J connectivity index is 1.23. The van der Waals surface area contributed by atoms with Gasteiger partial charge in [0.2, 0.25) is 5.91 Å². The van der Waals surface area contributed by atoms with E-state index in [9.17, 15) is 34.2 Å². The first-order valence-electron chi connectivity index (χ1n) is 16.0. The molecule has 7 rings (SSSR count). The highest BCUT2D eigenvalue weighted by Gasteiger charge is 2.69. The maximum absolute atomic E-state index is 16.5. The van der Waals surface area contributed by atoms with E-state index in [4.69, 9.17) is 5.73 Å². The van der Waals surface area contributed by atoms with Crippen molar-refractivity contribution in [2.45, 2.75) is 62.8 Å². The van der Waals surface area contributed by atoms with E-state index in [-0.39, 0.29) is 42.1 Å². The zero-order chi connectivity index (χ0) is 32.8. The molecule has 2 aromatic carbocycles. The Morgan fingerprint density at radius 2 is 1.70 bits per heavy atom. The molecule has 2 unspecified atom stereocenters. The number of amides is 1. The second-order valence-corrected chi connectivity index (χ2v) is 14.2. The Bertz CT molecular complexity index is 1680. The normalized spacial score (nSPS) is 30.8. The molecule has 242 valence electrons. The Morgan fingerprint density at radius 1 is 1.04 bits per heavy atom. The number of ketones is 4. The van der Waals surface area contributed by atoms with Crippen molar-refractivity contribution in [1.82, 2.24) is 9.80 Å². The largest absolute Gasteiger partial charge is 0.507 e. The number of phenols is 1. The Labute approximate surface area is 265 Å². The van der Waals surface area contributed by atoms with Crippen LogP contribution in [0.2, 0.25) is 0 Å². The number of likely N-dealkylation sites (N-methyl/N-ethyl adjacent to an activating group) is 1. The highest BCUT2D eigenvalue weighted by atomic mass is 19.1. The van der Waals surface area contributed by atoms with Crippen molar-refractivity contribution in [3.63, 3.8) is 0 Å². The van der Waals surface area contributed by atoms with Crippen LogP contribution in [0, 0.1) is 35.4 Å². The van der Waals surface area contributed by atoms with E-state index >= 15 is 4.39 Å². The number of carbonyl (C=O) groups is 5. The van der Waals surface area contributed by atoms with Crippen molar-refractivity contribution >= 4 is 29.0 Å². The standard InChI is InChI=1S/C35H38FN3O7/c1-38(2)29-23-12-19-11-22-26(30(41)25(19)32(43)35(23,46)33(44)27(31(29)42)34(37)45)24(40)13-20(28(22)36)15-39(14-16-7-8-16)21-9-17-5-3-4-6-18(17)10-21/h3-6,13,16,19,21,23,25,27,29,40,46H,7-12,14-15H2,1-2H3,(H2,37,45)/t19-,23-,25?,27?,29-,35-/m0/s1. The average molecular weight is 632 g/mol. The number of benzene rings is 2. The lowest BCUT2D eigenvalue weighted by atomic mass is 9.52. The molecular weight excluding hydrogens is 593 g/mol. The van der Waals surface area contributed by atoms with Crippen LogP contribution in [0.4, 0.5) is 4.39 Å². The van der Waals surface area contributed by atoms with Crippen LogP contribution < -0.4 is 5.73 Å². The van der Waals surface area contributed by atoms with Crippen LogP contribution in [0.3, 0.4) is 0 Å². The molecule has 1 amide bonds. The lowest BCUT2D eigenvalue weighted by Crippen LogP contribution is -2.74. The Hall–Kier alpha value is -3.80. The second-order valence-electron chi connectivity index (χ2n) is 14.2. The minimum atomic E-state index is -2.81. The predicted octanol–water partition coefficient (Wildman–Crippen LogP) is 1.39. The van der Waals surface area contributed by atoms with Gasteiger partial charge in [0.1, 0.15) is 11.6 Å². The zero-order valence-electron chi connectivity index (χ0n) is 25.9. The fourth-order valence-corrected chi connectivity index (χ4v) is 8.81. The number of rotatable bonds is 7. The number of carbonyl (C=O) groups excluding carboxylic acids is 5. The quantitative estimate of drug-likeness (QED) is 0.384. The van der Waals surface area contributed by atoms with Crippen LogP contribution in [0.1, 0.15) is 51.9 Å². The summed E-state index contributed by atoms with van der Waals surface area (Å²) in [6.45, 7) is 1.04. The fourth-order valence-electron chi connectivity index (χ4n) is 8.81. The summed E-state index contributed by atoms with van der Waals surface area (Å²) in [5, 5.41) is 22.9. The van der Waals surface area contributed by atoms with Crippen LogP contribution in [0.25, 0.3) is 0 Å². The summed E-state index contributed by atoms with van der Waals surface area (Å²) in [6, 6.07) is 8.49. The minimum absolute atomic E-state index is 0.00504. The summed E-state index contributed by atoms with van der Waals surface area (Å²) in [4.78, 5) is 70.5. The lowest BCUT2D eigenvalue weighted by molar-refractivity contribution is -0.181. The summed E-state index contributed by atoms with van der Waals surface area (Å²) < 4.78 is 16.5. The first kappa shape index (κ1) is 30.8. The van der Waals surface area contributed by atoms with E-state index in [1.54, 1.807) is 0 Å². The highest BCUT2D eigenvalue weighted by molar-refractivity contribution is 6.32. The smallest absolute Gasteiger partial charge is 0.235 e.